The standard InChI is InChI=1S/C13H20F6O4S2/c1-2-3-4-5-6-7-8-10-9-11(10,24(20,21)12(14,15)16)25(22,23)13(17,18)19/h10H,2-9H2,1H3/t10-/m0/s1. The maximum atomic E-state index is 12.8. The molecule has 0 N–H and O–H groups in total. The molecule has 0 aromatic rings. The largest absolute Gasteiger partial charge is 0.498 e. The Hall–Kier alpha value is -0.520. The van der Waals surface area contributed by atoms with Crippen LogP contribution < -0.4 is 0 Å². The first kappa shape index (κ1) is 22.5. The second-order valence-electron chi connectivity index (χ2n) is 6.17. The number of rotatable bonds is 9. The maximum absolute atomic E-state index is 12.8. The summed E-state index contributed by atoms with van der Waals surface area (Å²) < 4.78 is 119. The summed E-state index contributed by atoms with van der Waals surface area (Å²) in [5, 5.41) is 0. The summed E-state index contributed by atoms with van der Waals surface area (Å²) in [5.41, 5.74) is -12.1. The Labute approximate surface area is 142 Å². The third kappa shape index (κ3) is 3.93. The molecule has 1 rings (SSSR count). The van der Waals surface area contributed by atoms with Crippen molar-refractivity contribution in [3.8, 4) is 0 Å². The highest BCUT2D eigenvalue weighted by atomic mass is 32.3. The van der Waals surface area contributed by atoms with Crippen molar-refractivity contribution in [2.45, 2.75) is 73.4 Å². The van der Waals surface area contributed by atoms with Crippen LogP contribution in [0.1, 0.15) is 58.3 Å². The van der Waals surface area contributed by atoms with Gasteiger partial charge in [-0.15, -0.1) is 0 Å². The van der Waals surface area contributed by atoms with E-state index >= 15 is 0 Å². The molecular formula is C13H20F6O4S2. The zero-order chi connectivity index (χ0) is 19.7. The lowest BCUT2D eigenvalue weighted by Crippen LogP contribution is -2.48. The molecule has 0 bridgehead atoms. The van der Waals surface area contributed by atoms with E-state index in [0.29, 0.717) is 12.8 Å². The predicted octanol–water partition coefficient (Wildman–Crippen LogP) is 4.32. The Kier molecular flexibility index (Phi) is 6.52. The summed E-state index contributed by atoms with van der Waals surface area (Å²) in [4.78, 5) is 0. The molecule has 1 aliphatic rings. The van der Waals surface area contributed by atoms with Gasteiger partial charge in [-0.2, -0.15) is 26.3 Å². The van der Waals surface area contributed by atoms with E-state index in [0.717, 1.165) is 19.3 Å². The molecule has 0 aromatic carbocycles. The summed E-state index contributed by atoms with van der Waals surface area (Å²) >= 11 is 0. The fourth-order valence-corrected chi connectivity index (χ4v) is 7.43. The average molecular weight is 418 g/mol. The molecule has 1 fully saturated rings. The molecule has 1 atom stereocenters. The minimum absolute atomic E-state index is 0.177. The van der Waals surface area contributed by atoms with Crippen LogP contribution in [0.15, 0.2) is 0 Å². The minimum atomic E-state index is -6.51. The van der Waals surface area contributed by atoms with E-state index in [9.17, 15) is 43.2 Å². The zero-order valence-electron chi connectivity index (χ0n) is 13.5. The van der Waals surface area contributed by atoms with E-state index in [1.807, 2.05) is 6.92 Å². The van der Waals surface area contributed by atoms with Crippen molar-refractivity contribution in [1.29, 1.82) is 0 Å². The Morgan fingerprint density at radius 1 is 0.800 bits per heavy atom. The monoisotopic (exact) mass is 418 g/mol. The Bertz CT molecular complexity index is 620. The molecule has 0 amide bonds. The molecule has 0 heterocycles. The van der Waals surface area contributed by atoms with Crippen LogP contribution in [0.25, 0.3) is 0 Å². The highest BCUT2D eigenvalue weighted by Crippen LogP contribution is 2.63. The van der Waals surface area contributed by atoms with Gasteiger partial charge in [0.25, 0.3) is 19.7 Å². The summed E-state index contributed by atoms with van der Waals surface area (Å²) in [6.45, 7) is 1.96. The predicted molar refractivity (Wildman–Crippen MR) is 78.8 cm³/mol. The van der Waals surface area contributed by atoms with E-state index in [-0.39, 0.29) is 12.8 Å². The van der Waals surface area contributed by atoms with Crippen molar-refractivity contribution in [2.24, 2.45) is 5.92 Å². The smallest absolute Gasteiger partial charge is 0.218 e. The number of hydrogen-bond donors (Lipinski definition) is 0. The molecule has 0 spiro atoms. The molecule has 0 aliphatic heterocycles. The van der Waals surface area contributed by atoms with E-state index in [4.69, 9.17) is 0 Å². The molecule has 0 unspecified atom stereocenters. The van der Waals surface area contributed by atoms with Crippen LogP contribution in [0.5, 0.6) is 0 Å². The maximum Gasteiger partial charge on any atom is 0.498 e. The number of sulfone groups is 2. The lowest BCUT2D eigenvalue weighted by molar-refractivity contribution is -0.0478. The van der Waals surface area contributed by atoms with E-state index in [1.54, 1.807) is 0 Å². The normalized spacial score (nSPS) is 21.3. The lowest BCUT2D eigenvalue weighted by Gasteiger charge is -2.21. The molecule has 4 nitrogen and oxygen atoms in total. The van der Waals surface area contributed by atoms with Crippen LogP contribution in [-0.2, 0) is 19.7 Å². The van der Waals surface area contributed by atoms with Crippen LogP contribution in [0, 0.1) is 5.92 Å². The van der Waals surface area contributed by atoms with Crippen molar-refractivity contribution in [3.63, 3.8) is 0 Å². The summed E-state index contributed by atoms with van der Waals surface area (Å²) in [5.74, 6) is -1.70. The number of unbranched alkanes of at least 4 members (excludes halogenated alkanes) is 5. The minimum Gasteiger partial charge on any atom is -0.218 e. The molecule has 1 saturated carbocycles. The third-order valence-corrected chi connectivity index (χ3v) is 9.77. The summed E-state index contributed by atoms with van der Waals surface area (Å²) in [6, 6.07) is 0. The summed E-state index contributed by atoms with van der Waals surface area (Å²) in [7, 11) is -13.0. The highest BCUT2D eigenvalue weighted by Gasteiger charge is 2.82. The molecule has 0 aromatic heterocycles. The van der Waals surface area contributed by atoms with Crippen molar-refractivity contribution in [3.05, 3.63) is 0 Å². The summed E-state index contributed by atoms with van der Waals surface area (Å²) in [6.07, 6.45) is 2.60. The van der Waals surface area contributed by atoms with Crippen LogP contribution in [0.4, 0.5) is 26.3 Å². The van der Waals surface area contributed by atoms with Crippen LogP contribution in [0.3, 0.4) is 0 Å². The molecule has 0 saturated heterocycles. The molecule has 12 heteroatoms. The van der Waals surface area contributed by atoms with Gasteiger partial charge in [0.05, 0.1) is 0 Å². The van der Waals surface area contributed by atoms with Gasteiger partial charge in [-0.1, -0.05) is 45.4 Å². The van der Waals surface area contributed by atoms with Gasteiger partial charge in [0.2, 0.25) is 0 Å². The van der Waals surface area contributed by atoms with Gasteiger partial charge < -0.3 is 0 Å². The fourth-order valence-electron chi connectivity index (χ4n) is 2.97. The fraction of sp³-hybridized carbons (Fsp3) is 1.00. The molecular weight excluding hydrogens is 398 g/mol. The SMILES string of the molecule is CCCCCCCC[C@H]1CC1(S(=O)(=O)C(F)(F)F)S(=O)(=O)C(F)(F)F. The van der Waals surface area contributed by atoms with Gasteiger partial charge in [0, 0.05) is 0 Å². The van der Waals surface area contributed by atoms with Crippen molar-refractivity contribution in [1.82, 2.24) is 0 Å². The number of hydrogen-bond acceptors (Lipinski definition) is 4. The number of alkyl halides is 6. The van der Waals surface area contributed by atoms with Crippen molar-refractivity contribution >= 4 is 19.7 Å². The Morgan fingerprint density at radius 2 is 1.20 bits per heavy atom. The van der Waals surface area contributed by atoms with E-state index in [1.165, 1.54) is 0 Å². The van der Waals surface area contributed by atoms with Gasteiger partial charge >= 0.3 is 11.0 Å². The Morgan fingerprint density at radius 3 is 1.60 bits per heavy atom. The molecule has 25 heavy (non-hydrogen) atoms. The van der Waals surface area contributed by atoms with Crippen molar-refractivity contribution < 1.29 is 43.2 Å². The van der Waals surface area contributed by atoms with E-state index in [2.05, 4.69) is 0 Å². The highest BCUT2D eigenvalue weighted by molar-refractivity contribution is 8.11. The molecule has 0 radical (unpaired) electrons. The number of halogens is 6. The van der Waals surface area contributed by atoms with Gasteiger partial charge in [0.1, 0.15) is 0 Å². The van der Waals surface area contributed by atoms with Gasteiger partial charge in [-0.25, -0.2) is 16.8 Å². The zero-order valence-corrected chi connectivity index (χ0v) is 15.1. The first-order chi connectivity index (χ1) is 11.2. The lowest BCUT2D eigenvalue weighted by atomic mass is 10.1. The van der Waals surface area contributed by atoms with Crippen LogP contribution in [0.2, 0.25) is 0 Å². The first-order valence-corrected chi connectivity index (χ1v) is 10.7. The first-order valence-electron chi connectivity index (χ1n) is 7.78. The molecule has 1 aliphatic carbocycles. The average Bonchev–Trinajstić information content (AvgIpc) is 3.17. The van der Waals surface area contributed by atoms with Crippen LogP contribution >= 0.6 is 0 Å². The molecule has 150 valence electrons. The second-order valence-corrected chi connectivity index (χ2v) is 10.8. The third-order valence-electron chi connectivity index (χ3n) is 4.42. The second kappa shape index (κ2) is 7.24. The Balaban J connectivity index is 3.01. The topological polar surface area (TPSA) is 68.3 Å². The van der Waals surface area contributed by atoms with Gasteiger partial charge in [-0.3, -0.25) is 0 Å². The van der Waals surface area contributed by atoms with Crippen LogP contribution in [-0.4, -0.2) is 31.9 Å². The van der Waals surface area contributed by atoms with Gasteiger partial charge in [-0.05, 0) is 18.8 Å². The van der Waals surface area contributed by atoms with Crippen molar-refractivity contribution in [2.75, 3.05) is 0 Å². The van der Waals surface area contributed by atoms with E-state index < -0.39 is 47.1 Å². The van der Waals surface area contributed by atoms with Gasteiger partial charge in [0.15, 0.2) is 4.08 Å². The quantitative estimate of drug-likeness (QED) is 0.413.